The Morgan fingerprint density at radius 1 is 1.27 bits per heavy atom. The first kappa shape index (κ1) is 18.4. The molecule has 1 aliphatic carbocycles. The molecule has 0 radical (unpaired) electrons. The maximum absolute atomic E-state index is 13.0. The highest BCUT2D eigenvalue weighted by molar-refractivity contribution is 5.95. The molecule has 1 aliphatic rings. The molecule has 2 aromatic rings. The molecule has 0 unspecified atom stereocenters. The maximum atomic E-state index is 13.0. The average Bonchev–Trinajstić information content (AvgIpc) is 3.45. The summed E-state index contributed by atoms with van der Waals surface area (Å²) in [6.07, 6.45) is 5.31. The minimum Gasteiger partial charge on any atom is -0.362 e. The van der Waals surface area contributed by atoms with Gasteiger partial charge in [-0.1, -0.05) is 19.1 Å². The standard InChI is InChI=1S/C21H28N4O/c1-5-11-25(14-16-9-10-16)21(26)18-8-6-7-17(12-18)19-22-13-15(2)20(23-19)24(3)4/h6-8,12-13,16H,5,9-11,14H2,1-4H3. The van der Waals surface area contributed by atoms with E-state index in [1.54, 1.807) is 0 Å². The maximum Gasteiger partial charge on any atom is 0.253 e. The summed E-state index contributed by atoms with van der Waals surface area (Å²) in [6.45, 7) is 5.81. The van der Waals surface area contributed by atoms with Crippen LogP contribution in [0.5, 0.6) is 0 Å². The summed E-state index contributed by atoms with van der Waals surface area (Å²) in [5.74, 6) is 2.35. The van der Waals surface area contributed by atoms with Crippen molar-refractivity contribution >= 4 is 11.7 Å². The van der Waals surface area contributed by atoms with Gasteiger partial charge in [-0.25, -0.2) is 9.97 Å². The van der Waals surface area contributed by atoms with Gasteiger partial charge in [0.25, 0.3) is 5.91 Å². The average molecular weight is 352 g/mol. The Hall–Kier alpha value is -2.43. The Labute approximate surface area is 156 Å². The molecule has 1 heterocycles. The molecule has 1 amide bonds. The van der Waals surface area contributed by atoms with Crippen LogP contribution < -0.4 is 4.90 Å². The third-order valence-corrected chi connectivity index (χ3v) is 4.69. The van der Waals surface area contributed by atoms with E-state index in [4.69, 9.17) is 0 Å². The number of hydrogen-bond acceptors (Lipinski definition) is 4. The van der Waals surface area contributed by atoms with E-state index >= 15 is 0 Å². The van der Waals surface area contributed by atoms with Gasteiger partial charge < -0.3 is 9.80 Å². The van der Waals surface area contributed by atoms with Crippen molar-refractivity contribution in [2.45, 2.75) is 33.1 Å². The first-order valence-corrected chi connectivity index (χ1v) is 9.40. The third-order valence-electron chi connectivity index (χ3n) is 4.69. The van der Waals surface area contributed by atoms with Gasteiger partial charge in [0, 0.05) is 50.1 Å². The molecule has 0 bridgehead atoms. The smallest absolute Gasteiger partial charge is 0.253 e. The van der Waals surface area contributed by atoms with Crippen LogP contribution in [0, 0.1) is 12.8 Å². The van der Waals surface area contributed by atoms with Gasteiger partial charge in [-0.05, 0) is 44.2 Å². The molecule has 138 valence electrons. The third kappa shape index (κ3) is 4.21. The van der Waals surface area contributed by atoms with Gasteiger partial charge in [0.15, 0.2) is 5.82 Å². The Morgan fingerprint density at radius 3 is 2.69 bits per heavy atom. The number of amides is 1. The van der Waals surface area contributed by atoms with E-state index in [9.17, 15) is 4.79 Å². The van der Waals surface area contributed by atoms with Gasteiger partial charge in [-0.2, -0.15) is 0 Å². The van der Waals surface area contributed by atoms with E-state index in [0.29, 0.717) is 17.3 Å². The molecule has 1 aromatic carbocycles. The molecule has 5 heteroatoms. The molecular formula is C21H28N4O. The van der Waals surface area contributed by atoms with Crippen LogP contribution in [0.2, 0.25) is 0 Å². The van der Waals surface area contributed by atoms with Gasteiger partial charge in [-0.15, -0.1) is 0 Å². The van der Waals surface area contributed by atoms with E-state index in [0.717, 1.165) is 36.5 Å². The zero-order valence-corrected chi connectivity index (χ0v) is 16.2. The number of rotatable bonds is 7. The van der Waals surface area contributed by atoms with E-state index in [-0.39, 0.29) is 5.91 Å². The molecule has 0 N–H and O–H groups in total. The topological polar surface area (TPSA) is 49.3 Å². The number of aromatic nitrogens is 2. The van der Waals surface area contributed by atoms with Gasteiger partial charge in [0.2, 0.25) is 0 Å². The number of benzene rings is 1. The second kappa shape index (κ2) is 7.85. The number of nitrogens with zero attached hydrogens (tertiary/aromatic N) is 4. The fraction of sp³-hybridized carbons (Fsp3) is 0.476. The number of carbonyl (C=O) groups is 1. The molecule has 5 nitrogen and oxygen atoms in total. The summed E-state index contributed by atoms with van der Waals surface area (Å²) < 4.78 is 0. The predicted octanol–water partition coefficient (Wildman–Crippen LogP) is 3.78. The van der Waals surface area contributed by atoms with Crippen LogP contribution in [0.1, 0.15) is 42.1 Å². The molecule has 0 spiro atoms. The Morgan fingerprint density at radius 2 is 2.04 bits per heavy atom. The van der Waals surface area contributed by atoms with Crippen LogP contribution in [0.25, 0.3) is 11.4 Å². The van der Waals surface area contributed by atoms with Gasteiger partial charge in [0.05, 0.1) is 0 Å². The quantitative estimate of drug-likeness (QED) is 0.761. The van der Waals surface area contributed by atoms with Crippen molar-refractivity contribution < 1.29 is 4.79 Å². The lowest BCUT2D eigenvalue weighted by Gasteiger charge is -2.22. The lowest BCUT2D eigenvalue weighted by Crippen LogP contribution is -2.33. The van der Waals surface area contributed by atoms with E-state index in [2.05, 4.69) is 16.9 Å². The molecule has 26 heavy (non-hydrogen) atoms. The monoisotopic (exact) mass is 352 g/mol. The van der Waals surface area contributed by atoms with Crippen LogP contribution in [0.3, 0.4) is 0 Å². The Bertz CT molecular complexity index is 783. The van der Waals surface area contributed by atoms with Crippen molar-refractivity contribution in [2.24, 2.45) is 5.92 Å². The van der Waals surface area contributed by atoms with Crippen molar-refractivity contribution in [3.8, 4) is 11.4 Å². The molecule has 0 aliphatic heterocycles. The number of anilines is 1. The van der Waals surface area contributed by atoms with Crippen LogP contribution in [-0.2, 0) is 0 Å². The molecule has 1 saturated carbocycles. The van der Waals surface area contributed by atoms with Crippen molar-refractivity contribution in [3.05, 3.63) is 41.6 Å². The first-order valence-electron chi connectivity index (χ1n) is 9.40. The van der Waals surface area contributed by atoms with E-state index in [1.165, 1.54) is 12.8 Å². The minimum absolute atomic E-state index is 0.112. The zero-order valence-electron chi connectivity index (χ0n) is 16.2. The molecule has 1 fully saturated rings. The Kier molecular flexibility index (Phi) is 5.55. The van der Waals surface area contributed by atoms with Crippen molar-refractivity contribution in [2.75, 3.05) is 32.1 Å². The number of aryl methyl sites for hydroxylation is 1. The van der Waals surface area contributed by atoms with Gasteiger partial charge in [-0.3, -0.25) is 4.79 Å². The van der Waals surface area contributed by atoms with Crippen molar-refractivity contribution in [1.82, 2.24) is 14.9 Å². The largest absolute Gasteiger partial charge is 0.362 e. The predicted molar refractivity (Wildman–Crippen MR) is 105 cm³/mol. The van der Waals surface area contributed by atoms with Crippen LogP contribution >= 0.6 is 0 Å². The highest BCUT2D eigenvalue weighted by atomic mass is 16.2. The molecular weight excluding hydrogens is 324 g/mol. The first-order chi connectivity index (χ1) is 12.5. The van der Waals surface area contributed by atoms with Crippen molar-refractivity contribution in [3.63, 3.8) is 0 Å². The fourth-order valence-corrected chi connectivity index (χ4v) is 3.16. The summed E-state index contributed by atoms with van der Waals surface area (Å²) in [5.41, 5.74) is 2.62. The molecule has 3 rings (SSSR count). The van der Waals surface area contributed by atoms with Gasteiger partial charge >= 0.3 is 0 Å². The number of hydrogen-bond donors (Lipinski definition) is 0. The summed E-state index contributed by atoms with van der Waals surface area (Å²) in [4.78, 5) is 26.1. The second-order valence-corrected chi connectivity index (χ2v) is 7.37. The normalized spacial score (nSPS) is 13.5. The van der Waals surface area contributed by atoms with E-state index < -0.39 is 0 Å². The van der Waals surface area contributed by atoms with Gasteiger partial charge in [0.1, 0.15) is 5.82 Å². The van der Waals surface area contributed by atoms with Crippen LogP contribution in [-0.4, -0.2) is 48.0 Å². The summed E-state index contributed by atoms with van der Waals surface area (Å²) in [6, 6.07) is 7.69. The van der Waals surface area contributed by atoms with Crippen LogP contribution in [0.4, 0.5) is 5.82 Å². The minimum atomic E-state index is 0.112. The molecule has 0 atom stereocenters. The molecule has 0 saturated heterocycles. The summed E-state index contributed by atoms with van der Waals surface area (Å²) in [5, 5.41) is 0. The zero-order chi connectivity index (χ0) is 18.7. The SMILES string of the molecule is CCCN(CC1CC1)C(=O)c1cccc(-c2ncc(C)c(N(C)C)n2)c1. The number of carbonyl (C=O) groups excluding carboxylic acids is 1. The fourth-order valence-electron chi connectivity index (χ4n) is 3.16. The van der Waals surface area contributed by atoms with E-state index in [1.807, 2.05) is 61.3 Å². The highest BCUT2D eigenvalue weighted by Gasteiger charge is 2.27. The molecule has 1 aromatic heterocycles. The summed E-state index contributed by atoms with van der Waals surface area (Å²) >= 11 is 0. The Balaban J connectivity index is 1.87. The lowest BCUT2D eigenvalue weighted by atomic mass is 10.1. The summed E-state index contributed by atoms with van der Waals surface area (Å²) in [7, 11) is 3.94. The second-order valence-electron chi connectivity index (χ2n) is 7.37. The highest BCUT2D eigenvalue weighted by Crippen LogP contribution is 2.30. The van der Waals surface area contributed by atoms with Crippen molar-refractivity contribution in [1.29, 1.82) is 0 Å². The van der Waals surface area contributed by atoms with Crippen LogP contribution in [0.15, 0.2) is 30.5 Å². The lowest BCUT2D eigenvalue weighted by molar-refractivity contribution is 0.0748.